The topological polar surface area (TPSA) is 119 Å². The molecule has 2 amide bonds. The molecule has 158 valence electrons. The van der Waals surface area contributed by atoms with Crippen LogP contribution in [0.4, 0.5) is 11.4 Å². The Hall–Kier alpha value is -4.27. The average molecular weight is 419 g/mol. The normalized spacial score (nSPS) is 10.8. The molecular weight excluding hydrogens is 398 g/mol. The maximum absolute atomic E-state index is 12.3. The highest BCUT2D eigenvalue weighted by atomic mass is 16.6. The molecule has 0 aliphatic carbocycles. The van der Waals surface area contributed by atoms with Gasteiger partial charge >= 0.3 is 0 Å². The second-order valence-corrected chi connectivity index (χ2v) is 6.90. The Balaban J connectivity index is 1.75. The summed E-state index contributed by atoms with van der Waals surface area (Å²) in [6, 6.07) is 14.7. The summed E-state index contributed by atoms with van der Waals surface area (Å²) in [7, 11) is 0. The van der Waals surface area contributed by atoms with Crippen LogP contribution in [0.1, 0.15) is 34.2 Å². The summed E-state index contributed by atoms with van der Waals surface area (Å²) >= 11 is 0. The van der Waals surface area contributed by atoms with Crippen LogP contribution in [0, 0.1) is 24.0 Å². The number of non-ortho nitro benzene ring substituents is 1. The number of hydrogen-bond acceptors (Lipinski definition) is 5. The lowest BCUT2D eigenvalue weighted by Crippen LogP contribution is -2.18. The first kappa shape index (κ1) is 21.4. The van der Waals surface area contributed by atoms with E-state index in [9.17, 15) is 19.7 Å². The Morgan fingerprint density at radius 1 is 1.10 bits per heavy atom. The summed E-state index contributed by atoms with van der Waals surface area (Å²) in [5, 5.41) is 17.5. The minimum atomic E-state index is -0.439. The standard InChI is InChI=1S/C22H21N5O4/c1-14-11-18(15(2)26(14)20-7-9-21(10-8-20)27(30)31)13-23-25-22(29)17-5-4-6-19(12-17)24-16(3)28/h4-13H,1-3H3,(H,24,28)(H,25,29)/b23-13-. The number of aryl methyl sites for hydroxylation is 1. The zero-order valence-corrected chi connectivity index (χ0v) is 17.2. The number of carbonyl (C=O) groups is 2. The molecule has 9 heteroatoms. The predicted molar refractivity (Wildman–Crippen MR) is 118 cm³/mol. The Morgan fingerprint density at radius 3 is 2.45 bits per heavy atom. The van der Waals surface area contributed by atoms with Crippen LogP contribution in [0.15, 0.2) is 59.7 Å². The third-order valence-corrected chi connectivity index (χ3v) is 4.60. The number of nitro benzene ring substituents is 1. The summed E-state index contributed by atoms with van der Waals surface area (Å²) in [6.07, 6.45) is 1.54. The Bertz CT molecular complexity index is 1180. The zero-order chi connectivity index (χ0) is 22.5. The molecular formula is C22H21N5O4. The number of benzene rings is 2. The van der Waals surface area contributed by atoms with Gasteiger partial charge in [-0.05, 0) is 50.2 Å². The van der Waals surface area contributed by atoms with E-state index in [1.165, 1.54) is 19.1 Å². The van der Waals surface area contributed by atoms with E-state index in [1.807, 2.05) is 24.5 Å². The van der Waals surface area contributed by atoms with E-state index in [1.54, 1.807) is 42.6 Å². The molecule has 0 unspecified atom stereocenters. The summed E-state index contributed by atoms with van der Waals surface area (Å²) in [4.78, 5) is 33.9. The van der Waals surface area contributed by atoms with E-state index in [0.717, 1.165) is 22.6 Å². The molecule has 3 rings (SSSR count). The van der Waals surface area contributed by atoms with Gasteiger partial charge in [0.25, 0.3) is 11.6 Å². The molecule has 0 saturated carbocycles. The number of hydrazone groups is 1. The van der Waals surface area contributed by atoms with Crippen LogP contribution in [0.25, 0.3) is 5.69 Å². The molecule has 0 aliphatic rings. The van der Waals surface area contributed by atoms with Gasteiger partial charge in [0.05, 0.1) is 11.1 Å². The average Bonchev–Trinajstić information content (AvgIpc) is 3.01. The van der Waals surface area contributed by atoms with Gasteiger partial charge in [-0.25, -0.2) is 5.43 Å². The van der Waals surface area contributed by atoms with Gasteiger partial charge in [0.15, 0.2) is 0 Å². The van der Waals surface area contributed by atoms with Gasteiger partial charge in [-0.3, -0.25) is 19.7 Å². The van der Waals surface area contributed by atoms with Gasteiger partial charge in [-0.1, -0.05) is 6.07 Å². The molecule has 2 aromatic carbocycles. The fourth-order valence-electron chi connectivity index (χ4n) is 3.21. The van der Waals surface area contributed by atoms with Crippen LogP contribution in [0.3, 0.4) is 0 Å². The number of carbonyl (C=O) groups excluding carboxylic acids is 2. The number of hydrogen-bond donors (Lipinski definition) is 2. The van der Waals surface area contributed by atoms with Gasteiger partial charge in [0.2, 0.25) is 5.91 Å². The number of rotatable bonds is 6. The summed E-state index contributed by atoms with van der Waals surface area (Å²) in [6.45, 7) is 5.20. The lowest BCUT2D eigenvalue weighted by Gasteiger charge is -2.09. The molecule has 3 aromatic rings. The maximum atomic E-state index is 12.3. The number of anilines is 1. The second kappa shape index (κ2) is 9.04. The van der Waals surface area contributed by atoms with Crippen LogP contribution in [0.5, 0.6) is 0 Å². The molecule has 0 fully saturated rings. The number of nitrogens with one attached hydrogen (secondary N) is 2. The van der Waals surface area contributed by atoms with E-state index < -0.39 is 10.8 Å². The fourth-order valence-corrected chi connectivity index (χ4v) is 3.21. The first-order valence-corrected chi connectivity index (χ1v) is 9.41. The van der Waals surface area contributed by atoms with Gasteiger partial charge in [0.1, 0.15) is 0 Å². The zero-order valence-electron chi connectivity index (χ0n) is 17.2. The van der Waals surface area contributed by atoms with Crippen LogP contribution < -0.4 is 10.7 Å². The molecule has 1 aromatic heterocycles. The molecule has 0 radical (unpaired) electrons. The molecule has 0 saturated heterocycles. The van der Waals surface area contributed by atoms with Gasteiger partial charge in [-0.2, -0.15) is 5.10 Å². The smallest absolute Gasteiger partial charge is 0.271 e. The summed E-state index contributed by atoms with van der Waals surface area (Å²) in [5.41, 5.74) is 6.76. The van der Waals surface area contributed by atoms with Crippen molar-refractivity contribution >= 4 is 29.4 Å². The molecule has 0 aliphatic heterocycles. The molecule has 1 heterocycles. The van der Waals surface area contributed by atoms with Crippen molar-refractivity contribution in [1.29, 1.82) is 0 Å². The number of nitrogens with zero attached hydrogens (tertiary/aromatic N) is 3. The lowest BCUT2D eigenvalue weighted by atomic mass is 10.2. The third kappa shape index (κ3) is 5.02. The third-order valence-electron chi connectivity index (χ3n) is 4.60. The first-order chi connectivity index (χ1) is 14.8. The molecule has 0 bridgehead atoms. The molecule has 9 nitrogen and oxygen atoms in total. The Labute approximate surface area is 178 Å². The van der Waals surface area contributed by atoms with E-state index in [4.69, 9.17) is 0 Å². The lowest BCUT2D eigenvalue weighted by molar-refractivity contribution is -0.384. The second-order valence-electron chi connectivity index (χ2n) is 6.90. The fraction of sp³-hybridized carbons (Fsp3) is 0.136. The highest BCUT2D eigenvalue weighted by Gasteiger charge is 2.12. The van der Waals surface area contributed by atoms with Gasteiger partial charge in [0, 0.05) is 52.9 Å². The molecule has 31 heavy (non-hydrogen) atoms. The van der Waals surface area contributed by atoms with Gasteiger partial charge in [-0.15, -0.1) is 0 Å². The minimum absolute atomic E-state index is 0.0262. The van der Waals surface area contributed by atoms with Crippen molar-refractivity contribution in [2.24, 2.45) is 5.10 Å². The van der Waals surface area contributed by atoms with Crippen LogP contribution in [-0.2, 0) is 4.79 Å². The quantitative estimate of drug-likeness (QED) is 0.359. The van der Waals surface area contributed by atoms with Crippen molar-refractivity contribution in [3.63, 3.8) is 0 Å². The van der Waals surface area contributed by atoms with Crippen LogP contribution >= 0.6 is 0 Å². The van der Waals surface area contributed by atoms with Crippen molar-refractivity contribution < 1.29 is 14.5 Å². The number of nitro groups is 1. The van der Waals surface area contributed by atoms with E-state index in [2.05, 4.69) is 15.8 Å². The number of amides is 2. The highest BCUT2D eigenvalue weighted by Crippen LogP contribution is 2.22. The maximum Gasteiger partial charge on any atom is 0.271 e. The first-order valence-electron chi connectivity index (χ1n) is 9.41. The van der Waals surface area contributed by atoms with Crippen molar-refractivity contribution in [2.45, 2.75) is 20.8 Å². The van der Waals surface area contributed by atoms with Crippen LogP contribution in [-0.4, -0.2) is 27.5 Å². The predicted octanol–water partition coefficient (Wildman–Crippen LogP) is 3.72. The van der Waals surface area contributed by atoms with Crippen molar-refractivity contribution in [1.82, 2.24) is 9.99 Å². The number of aromatic nitrogens is 1. The van der Waals surface area contributed by atoms with E-state index in [0.29, 0.717) is 11.3 Å². The highest BCUT2D eigenvalue weighted by molar-refractivity contribution is 5.97. The minimum Gasteiger partial charge on any atom is -0.326 e. The SMILES string of the molecule is CC(=O)Nc1cccc(C(=O)N/N=C\c2cc(C)n(-c3ccc([N+](=O)[O-])cc3)c2C)c1. The van der Waals surface area contributed by atoms with Crippen molar-refractivity contribution in [3.8, 4) is 5.69 Å². The Kier molecular flexibility index (Phi) is 6.25. The Morgan fingerprint density at radius 2 is 1.81 bits per heavy atom. The summed E-state index contributed by atoms with van der Waals surface area (Å²) < 4.78 is 1.95. The van der Waals surface area contributed by atoms with Crippen molar-refractivity contribution in [2.75, 3.05) is 5.32 Å². The van der Waals surface area contributed by atoms with Crippen LogP contribution in [0.2, 0.25) is 0 Å². The van der Waals surface area contributed by atoms with E-state index in [-0.39, 0.29) is 11.6 Å². The molecule has 0 spiro atoms. The summed E-state index contributed by atoms with van der Waals surface area (Å²) in [5.74, 6) is -0.633. The largest absolute Gasteiger partial charge is 0.326 e. The van der Waals surface area contributed by atoms with Crippen molar-refractivity contribution in [3.05, 3.63) is 87.2 Å². The monoisotopic (exact) mass is 419 g/mol. The molecule has 2 N–H and O–H groups in total. The van der Waals surface area contributed by atoms with E-state index >= 15 is 0 Å². The molecule has 0 atom stereocenters. The van der Waals surface area contributed by atoms with Gasteiger partial charge < -0.3 is 9.88 Å².